The SMILES string of the molecule is O=c1ccc(-c2ccccc2)nn1C1CCN(S(=O)(=O)c2ccccc2)CC1. The van der Waals surface area contributed by atoms with Gasteiger partial charge in [-0.25, -0.2) is 13.1 Å². The monoisotopic (exact) mass is 395 g/mol. The molecule has 144 valence electrons. The molecule has 1 aromatic heterocycles. The molecular weight excluding hydrogens is 374 g/mol. The Morgan fingerprint density at radius 2 is 1.43 bits per heavy atom. The highest BCUT2D eigenvalue weighted by atomic mass is 32.2. The molecule has 0 spiro atoms. The summed E-state index contributed by atoms with van der Waals surface area (Å²) in [7, 11) is -3.50. The molecule has 0 radical (unpaired) electrons. The Balaban J connectivity index is 1.54. The summed E-state index contributed by atoms with van der Waals surface area (Å²) in [6.07, 6.45) is 1.11. The third-order valence-electron chi connectivity index (χ3n) is 5.04. The van der Waals surface area contributed by atoms with Gasteiger partial charge in [0.1, 0.15) is 0 Å². The summed E-state index contributed by atoms with van der Waals surface area (Å²) in [6, 6.07) is 21.3. The zero-order valence-corrected chi connectivity index (χ0v) is 16.1. The van der Waals surface area contributed by atoms with Gasteiger partial charge in [-0.2, -0.15) is 9.40 Å². The molecule has 1 aliphatic heterocycles. The van der Waals surface area contributed by atoms with E-state index in [2.05, 4.69) is 5.10 Å². The van der Waals surface area contributed by atoms with E-state index in [1.807, 2.05) is 30.3 Å². The highest BCUT2D eigenvalue weighted by Gasteiger charge is 2.30. The highest BCUT2D eigenvalue weighted by Crippen LogP contribution is 2.26. The van der Waals surface area contributed by atoms with Crippen molar-refractivity contribution in [3.63, 3.8) is 0 Å². The van der Waals surface area contributed by atoms with E-state index in [4.69, 9.17) is 0 Å². The second-order valence-corrected chi connectivity index (χ2v) is 8.75. The van der Waals surface area contributed by atoms with Crippen molar-refractivity contribution in [3.8, 4) is 11.3 Å². The Morgan fingerprint density at radius 1 is 0.821 bits per heavy atom. The first kappa shape index (κ1) is 18.6. The van der Waals surface area contributed by atoms with Crippen LogP contribution in [-0.2, 0) is 10.0 Å². The number of benzene rings is 2. The van der Waals surface area contributed by atoms with Crippen molar-refractivity contribution in [2.24, 2.45) is 0 Å². The molecule has 7 heteroatoms. The third kappa shape index (κ3) is 3.63. The van der Waals surface area contributed by atoms with Crippen LogP contribution >= 0.6 is 0 Å². The lowest BCUT2D eigenvalue weighted by molar-refractivity contribution is 0.255. The maximum atomic E-state index is 12.8. The third-order valence-corrected chi connectivity index (χ3v) is 6.96. The zero-order chi connectivity index (χ0) is 19.6. The predicted octanol–water partition coefficient (Wildman–Crippen LogP) is 2.94. The molecule has 0 unspecified atom stereocenters. The molecule has 0 atom stereocenters. The molecule has 1 saturated heterocycles. The van der Waals surface area contributed by atoms with E-state index < -0.39 is 10.0 Å². The summed E-state index contributed by atoms with van der Waals surface area (Å²) >= 11 is 0. The number of piperidine rings is 1. The number of aromatic nitrogens is 2. The zero-order valence-electron chi connectivity index (χ0n) is 15.3. The largest absolute Gasteiger partial charge is 0.268 e. The fourth-order valence-corrected chi connectivity index (χ4v) is 5.01. The Morgan fingerprint density at radius 3 is 2.07 bits per heavy atom. The molecule has 1 aliphatic rings. The van der Waals surface area contributed by atoms with Gasteiger partial charge in [0.05, 0.1) is 16.6 Å². The second kappa shape index (κ2) is 7.69. The van der Waals surface area contributed by atoms with E-state index in [1.54, 1.807) is 36.4 Å². The summed E-state index contributed by atoms with van der Waals surface area (Å²) in [6.45, 7) is 0.733. The fraction of sp³-hybridized carbons (Fsp3) is 0.238. The van der Waals surface area contributed by atoms with Gasteiger partial charge in [0.2, 0.25) is 10.0 Å². The van der Waals surface area contributed by atoms with Crippen molar-refractivity contribution in [1.82, 2.24) is 14.1 Å². The van der Waals surface area contributed by atoms with Crippen LogP contribution in [0.4, 0.5) is 0 Å². The molecule has 0 bridgehead atoms. The summed E-state index contributed by atoms with van der Waals surface area (Å²) in [5, 5.41) is 4.55. The van der Waals surface area contributed by atoms with Crippen LogP contribution in [0.15, 0.2) is 82.5 Å². The van der Waals surface area contributed by atoms with Gasteiger partial charge < -0.3 is 0 Å². The predicted molar refractivity (Wildman–Crippen MR) is 107 cm³/mol. The van der Waals surface area contributed by atoms with Gasteiger partial charge in [-0.05, 0) is 31.0 Å². The van der Waals surface area contributed by atoms with Crippen molar-refractivity contribution in [3.05, 3.63) is 83.2 Å². The number of nitrogens with zero attached hydrogens (tertiary/aromatic N) is 3. The van der Waals surface area contributed by atoms with Crippen molar-refractivity contribution in [2.75, 3.05) is 13.1 Å². The molecule has 28 heavy (non-hydrogen) atoms. The quantitative estimate of drug-likeness (QED) is 0.681. The highest BCUT2D eigenvalue weighted by molar-refractivity contribution is 7.89. The maximum absolute atomic E-state index is 12.8. The maximum Gasteiger partial charge on any atom is 0.267 e. The first-order valence-corrected chi connectivity index (χ1v) is 10.7. The lowest BCUT2D eigenvalue weighted by Crippen LogP contribution is -2.41. The minimum atomic E-state index is -3.50. The van der Waals surface area contributed by atoms with E-state index in [-0.39, 0.29) is 11.6 Å². The normalized spacial score (nSPS) is 16.1. The van der Waals surface area contributed by atoms with Gasteiger partial charge in [-0.15, -0.1) is 0 Å². The molecule has 4 rings (SSSR count). The molecule has 2 heterocycles. The van der Waals surface area contributed by atoms with Crippen molar-refractivity contribution in [1.29, 1.82) is 0 Å². The first-order chi connectivity index (χ1) is 13.6. The van der Waals surface area contributed by atoms with E-state index in [1.165, 1.54) is 15.1 Å². The number of hydrogen-bond donors (Lipinski definition) is 0. The van der Waals surface area contributed by atoms with E-state index in [0.717, 1.165) is 11.3 Å². The molecule has 0 N–H and O–H groups in total. The average Bonchev–Trinajstić information content (AvgIpc) is 2.75. The Kier molecular flexibility index (Phi) is 5.11. The lowest BCUT2D eigenvalue weighted by atomic mass is 10.1. The molecule has 0 amide bonds. The van der Waals surface area contributed by atoms with Crippen LogP contribution in [0.1, 0.15) is 18.9 Å². The van der Waals surface area contributed by atoms with Gasteiger partial charge in [0.15, 0.2) is 0 Å². The Labute approximate surface area is 164 Å². The number of rotatable bonds is 4. The van der Waals surface area contributed by atoms with Crippen LogP contribution in [0, 0.1) is 0 Å². The van der Waals surface area contributed by atoms with Gasteiger partial charge in [0, 0.05) is 24.7 Å². The molecule has 2 aromatic carbocycles. The molecule has 0 aliphatic carbocycles. The van der Waals surface area contributed by atoms with Crippen molar-refractivity contribution < 1.29 is 8.42 Å². The summed E-state index contributed by atoms with van der Waals surface area (Å²) < 4.78 is 28.6. The van der Waals surface area contributed by atoms with Gasteiger partial charge in [0.25, 0.3) is 5.56 Å². The topological polar surface area (TPSA) is 72.3 Å². The van der Waals surface area contributed by atoms with Crippen molar-refractivity contribution in [2.45, 2.75) is 23.8 Å². The molecule has 6 nitrogen and oxygen atoms in total. The fourth-order valence-electron chi connectivity index (χ4n) is 3.52. The molecule has 1 fully saturated rings. The summed E-state index contributed by atoms with van der Waals surface area (Å²) in [4.78, 5) is 12.7. The Hall–Kier alpha value is -2.77. The van der Waals surface area contributed by atoms with Crippen LogP contribution in [0.5, 0.6) is 0 Å². The van der Waals surface area contributed by atoms with Gasteiger partial charge in [-0.1, -0.05) is 48.5 Å². The standard InChI is InChI=1S/C21H21N3O3S/c25-21-12-11-20(17-7-3-1-4-8-17)22-24(21)18-13-15-23(16-14-18)28(26,27)19-9-5-2-6-10-19/h1-12,18H,13-16H2. The van der Waals surface area contributed by atoms with Crippen LogP contribution in [-0.4, -0.2) is 35.6 Å². The van der Waals surface area contributed by atoms with Crippen molar-refractivity contribution >= 4 is 10.0 Å². The summed E-state index contributed by atoms with van der Waals surface area (Å²) in [5.41, 5.74) is 1.52. The van der Waals surface area contributed by atoms with Crippen LogP contribution in [0.3, 0.4) is 0 Å². The first-order valence-electron chi connectivity index (χ1n) is 9.26. The second-order valence-electron chi connectivity index (χ2n) is 6.82. The lowest BCUT2D eigenvalue weighted by Gasteiger charge is -2.31. The van der Waals surface area contributed by atoms with Crippen LogP contribution < -0.4 is 5.56 Å². The minimum Gasteiger partial charge on any atom is -0.268 e. The molecule has 3 aromatic rings. The smallest absolute Gasteiger partial charge is 0.267 e. The molecular formula is C21H21N3O3S. The number of hydrogen-bond acceptors (Lipinski definition) is 4. The Bertz CT molecular complexity index is 1100. The molecule has 0 saturated carbocycles. The van der Waals surface area contributed by atoms with Gasteiger partial charge in [-0.3, -0.25) is 4.79 Å². The minimum absolute atomic E-state index is 0.113. The van der Waals surface area contributed by atoms with Crippen LogP contribution in [0.2, 0.25) is 0 Å². The van der Waals surface area contributed by atoms with E-state index in [0.29, 0.717) is 30.8 Å². The van der Waals surface area contributed by atoms with Gasteiger partial charge >= 0.3 is 0 Å². The average molecular weight is 395 g/mol. The van der Waals surface area contributed by atoms with E-state index >= 15 is 0 Å². The number of sulfonamides is 1. The van der Waals surface area contributed by atoms with Crippen LogP contribution in [0.25, 0.3) is 11.3 Å². The van der Waals surface area contributed by atoms with E-state index in [9.17, 15) is 13.2 Å². The summed E-state index contributed by atoms with van der Waals surface area (Å²) in [5.74, 6) is 0.